The van der Waals surface area contributed by atoms with E-state index in [-0.39, 0.29) is 0 Å². The normalized spacial score (nSPS) is 17.4. The molecule has 1 aliphatic heterocycles. The zero-order valence-electron chi connectivity index (χ0n) is 15.8. The van der Waals surface area contributed by atoms with Crippen LogP contribution < -0.4 is 5.32 Å². The summed E-state index contributed by atoms with van der Waals surface area (Å²) in [5.41, 5.74) is 4.93. The number of unbranched alkanes of at least 4 members (excludes halogenated alkanes) is 2. The van der Waals surface area contributed by atoms with Crippen LogP contribution in [0.1, 0.15) is 58.8 Å². The summed E-state index contributed by atoms with van der Waals surface area (Å²) in [4.78, 5) is 2.35. The standard InChI is InChI=1S/C21H36N2S/c1-7-13-22-18(4)11-9-8-10-14-23-19(5)16-21(20(23)6)24-15-12-17(2)3/h21-22H,2,4-16H2,1,3H3. The lowest BCUT2D eigenvalue weighted by atomic mass is 10.1. The maximum absolute atomic E-state index is 4.32. The molecule has 1 heterocycles. The lowest BCUT2D eigenvalue weighted by molar-refractivity contribution is 0.434. The summed E-state index contributed by atoms with van der Waals surface area (Å²) in [6, 6.07) is 0. The van der Waals surface area contributed by atoms with E-state index in [0.717, 1.165) is 44.5 Å². The summed E-state index contributed by atoms with van der Waals surface area (Å²) in [6.07, 6.45) is 8.03. The number of hydrogen-bond donors (Lipinski definition) is 1. The predicted octanol–water partition coefficient (Wildman–Crippen LogP) is 5.86. The van der Waals surface area contributed by atoms with Crippen molar-refractivity contribution in [3.8, 4) is 0 Å². The van der Waals surface area contributed by atoms with E-state index in [0.29, 0.717) is 5.25 Å². The number of nitrogens with zero attached hydrogens (tertiary/aromatic N) is 1. The van der Waals surface area contributed by atoms with Crippen molar-refractivity contribution in [2.75, 3.05) is 18.8 Å². The molecule has 136 valence electrons. The first kappa shape index (κ1) is 21.0. The molecule has 1 aliphatic rings. The van der Waals surface area contributed by atoms with Crippen molar-refractivity contribution in [3.05, 3.63) is 49.0 Å². The zero-order chi connectivity index (χ0) is 17.9. The third-order valence-corrected chi connectivity index (χ3v) is 5.64. The van der Waals surface area contributed by atoms with Gasteiger partial charge in [-0.1, -0.05) is 38.7 Å². The molecule has 3 heteroatoms. The van der Waals surface area contributed by atoms with Crippen LogP contribution in [0.15, 0.2) is 49.0 Å². The van der Waals surface area contributed by atoms with Crippen LogP contribution in [0.3, 0.4) is 0 Å². The van der Waals surface area contributed by atoms with E-state index in [9.17, 15) is 0 Å². The highest BCUT2D eigenvalue weighted by atomic mass is 32.2. The van der Waals surface area contributed by atoms with Gasteiger partial charge in [0.15, 0.2) is 0 Å². The molecule has 0 aromatic heterocycles. The second kappa shape index (κ2) is 11.5. The maximum Gasteiger partial charge on any atom is 0.0498 e. The SMILES string of the molecule is C=C(C)CCSC1CC(=C)N(CCCCCC(=C)NCCC)C1=C. The Morgan fingerprint density at radius 3 is 2.62 bits per heavy atom. The highest BCUT2D eigenvalue weighted by Gasteiger charge is 2.28. The van der Waals surface area contributed by atoms with Crippen molar-refractivity contribution >= 4 is 11.8 Å². The highest BCUT2D eigenvalue weighted by Crippen LogP contribution is 2.37. The van der Waals surface area contributed by atoms with E-state index in [1.54, 1.807) is 0 Å². The highest BCUT2D eigenvalue weighted by molar-refractivity contribution is 8.00. The number of allylic oxidation sites excluding steroid dienone is 3. The van der Waals surface area contributed by atoms with E-state index < -0.39 is 0 Å². The predicted molar refractivity (Wildman–Crippen MR) is 111 cm³/mol. The first-order valence-electron chi connectivity index (χ1n) is 9.27. The van der Waals surface area contributed by atoms with Crippen molar-refractivity contribution < 1.29 is 0 Å². The molecule has 1 unspecified atom stereocenters. The fourth-order valence-corrected chi connectivity index (χ4v) is 4.21. The minimum atomic E-state index is 0.509. The molecule has 2 nitrogen and oxygen atoms in total. The summed E-state index contributed by atoms with van der Waals surface area (Å²) in [6.45, 7) is 23.0. The first-order valence-corrected chi connectivity index (χ1v) is 10.3. The molecular weight excluding hydrogens is 312 g/mol. The van der Waals surface area contributed by atoms with Gasteiger partial charge >= 0.3 is 0 Å². The van der Waals surface area contributed by atoms with Crippen molar-refractivity contribution in [1.29, 1.82) is 0 Å². The molecule has 0 aromatic rings. The van der Waals surface area contributed by atoms with E-state index >= 15 is 0 Å². The van der Waals surface area contributed by atoms with E-state index in [4.69, 9.17) is 0 Å². The van der Waals surface area contributed by atoms with Gasteiger partial charge < -0.3 is 10.2 Å². The Hall–Kier alpha value is -1.09. The number of rotatable bonds is 13. The van der Waals surface area contributed by atoms with Crippen LogP contribution in [-0.2, 0) is 0 Å². The molecule has 0 radical (unpaired) electrons. The third-order valence-electron chi connectivity index (χ3n) is 4.35. The lowest BCUT2D eigenvalue weighted by Crippen LogP contribution is -2.18. The van der Waals surface area contributed by atoms with Gasteiger partial charge in [0, 0.05) is 41.9 Å². The van der Waals surface area contributed by atoms with Crippen LogP contribution in [-0.4, -0.2) is 29.0 Å². The summed E-state index contributed by atoms with van der Waals surface area (Å²) in [5.74, 6) is 1.13. The van der Waals surface area contributed by atoms with Gasteiger partial charge in [-0.2, -0.15) is 11.8 Å². The molecule has 0 aromatic carbocycles. The van der Waals surface area contributed by atoms with Crippen molar-refractivity contribution in [1.82, 2.24) is 10.2 Å². The van der Waals surface area contributed by atoms with Crippen LogP contribution in [0.2, 0.25) is 0 Å². The summed E-state index contributed by atoms with van der Waals surface area (Å²) >= 11 is 2.00. The van der Waals surface area contributed by atoms with Gasteiger partial charge in [-0.25, -0.2) is 0 Å². The molecule has 0 spiro atoms. The Bertz CT molecular complexity index is 453. The number of hydrogen-bond acceptors (Lipinski definition) is 3. The van der Waals surface area contributed by atoms with Crippen molar-refractivity contribution in [2.24, 2.45) is 0 Å². The monoisotopic (exact) mass is 348 g/mol. The van der Waals surface area contributed by atoms with Gasteiger partial charge in [-0.15, -0.1) is 6.58 Å². The van der Waals surface area contributed by atoms with Crippen LogP contribution in [0.4, 0.5) is 0 Å². The Balaban J connectivity index is 2.20. The largest absolute Gasteiger partial charge is 0.389 e. The average molecular weight is 349 g/mol. The minimum absolute atomic E-state index is 0.509. The Morgan fingerprint density at radius 2 is 1.96 bits per heavy atom. The van der Waals surface area contributed by atoms with Gasteiger partial charge in [-0.3, -0.25) is 0 Å². The van der Waals surface area contributed by atoms with Crippen LogP contribution in [0, 0.1) is 0 Å². The summed E-state index contributed by atoms with van der Waals surface area (Å²) in [7, 11) is 0. The number of nitrogens with one attached hydrogen (secondary N) is 1. The molecule has 0 aliphatic carbocycles. The molecule has 1 saturated heterocycles. The van der Waals surface area contributed by atoms with Crippen LogP contribution >= 0.6 is 11.8 Å². The van der Waals surface area contributed by atoms with E-state index in [2.05, 4.69) is 50.4 Å². The first-order chi connectivity index (χ1) is 11.5. The smallest absolute Gasteiger partial charge is 0.0498 e. The van der Waals surface area contributed by atoms with Gasteiger partial charge in [0.05, 0.1) is 0 Å². The second-order valence-electron chi connectivity index (χ2n) is 6.82. The summed E-state index contributed by atoms with van der Waals surface area (Å²) < 4.78 is 0. The lowest BCUT2D eigenvalue weighted by Gasteiger charge is -2.22. The molecular formula is C21H36N2S. The van der Waals surface area contributed by atoms with Gasteiger partial charge in [-0.05, 0) is 44.8 Å². The molecule has 0 amide bonds. The maximum atomic E-state index is 4.32. The molecule has 1 N–H and O–H groups in total. The van der Waals surface area contributed by atoms with Crippen LogP contribution in [0.25, 0.3) is 0 Å². The zero-order valence-corrected chi connectivity index (χ0v) is 16.6. The molecule has 0 bridgehead atoms. The number of likely N-dealkylation sites (tertiary alicyclic amines) is 1. The average Bonchev–Trinajstić information content (AvgIpc) is 2.79. The number of thioether (sulfide) groups is 1. The molecule has 0 saturated carbocycles. The van der Waals surface area contributed by atoms with Gasteiger partial charge in [0.1, 0.15) is 0 Å². The Kier molecular flexibility index (Phi) is 10.0. The fraction of sp³-hybridized carbons (Fsp3) is 0.619. The molecule has 1 fully saturated rings. The van der Waals surface area contributed by atoms with Crippen molar-refractivity contribution in [3.63, 3.8) is 0 Å². The fourth-order valence-electron chi connectivity index (χ4n) is 2.83. The second-order valence-corrected chi connectivity index (χ2v) is 8.13. The Labute approximate surface area is 154 Å². The topological polar surface area (TPSA) is 15.3 Å². The minimum Gasteiger partial charge on any atom is -0.389 e. The molecule has 1 rings (SSSR count). The Morgan fingerprint density at radius 1 is 1.21 bits per heavy atom. The molecule has 24 heavy (non-hydrogen) atoms. The van der Waals surface area contributed by atoms with Crippen LogP contribution in [0.5, 0.6) is 0 Å². The summed E-state index contributed by atoms with van der Waals surface area (Å²) in [5, 5.41) is 3.88. The molecule has 1 atom stereocenters. The van der Waals surface area contributed by atoms with Crippen molar-refractivity contribution in [2.45, 2.75) is 64.0 Å². The van der Waals surface area contributed by atoms with Gasteiger partial charge in [0.2, 0.25) is 0 Å². The van der Waals surface area contributed by atoms with Gasteiger partial charge in [0.25, 0.3) is 0 Å². The van der Waals surface area contributed by atoms with E-state index in [1.807, 2.05) is 11.8 Å². The van der Waals surface area contributed by atoms with E-state index in [1.165, 1.54) is 41.9 Å². The quantitative estimate of drug-likeness (QED) is 0.331. The third kappa shape index (κ3) is 7.65.